The van der Waals surface area contributed by atoms with E-state index in [1.165, 1.54) is 44.9 Å². The zero-order valence-corrected chi connectivity index (χ0v) is 15.5. The summed E-state index contributed by atoms with van der Waals surface area (Å²) in [5, 5.41) is 3.59. The SMILES string of the molecule is C.O=C(NCC12CCCC(CCC1)C2)c1cc(OCCCl)ccc1Cl. The molecule has 140 valence electrons. The molecule has 0 aromatic heterocycles. The minimum absolute atomic E-state index is 0. The van der Waals surface area contributed by atoms with Crippen molar-refractivity contribution in [1.82, 2.24) is 5.32 Å². The topological polar surface area (TPSA) is 38.3 Å². The number of benzene rings is 1. The van der Waals surface area contributed by atoms with Crippen LogP contribution in [0.2, 0.25) is 5.02 Å². The highest BCUT2D eigenvalue weighted by Gasteiger charge is 2.39. The molecule has 1 aromatic rings. The fraction of sp³-hybridized carbons (Fsp3) is 0.650. The molecule has 0 heterocycles. The first-order valence-corrected chi connectivity index (χ1v) is 9.80. The van der Waals surface area contributed by atoms with Crippen LogP contribution in [0.3, 0.4) is 0 Å². The third kappa shape index (κ3) is 5.04. The summed E-state index contributed by atoms with van der Waals surface area (Å²) in [6, 6.07) is 5.17. The third-order valence-electron chi connectivity index (χ3n) is 5.51. The van der Waals surface area contributed by atoms with E-state index in [9.17, 15) is 4.79 Å². The zero-order valence-electron chi connectivity index (χ0n) is 14.0. The molecule has 0 radical (unpaired) electrons. The molecular formula is C20H29Cl2NO2. The van der Waals surface area contributed by atoms with E-state index in [0.29, 0.717) is 34.2 Å². The van der Waals surface area contributed by atoms with Gasteiger partial charge in [-0.25, -0.2) is 0 Å². The normalized spacial score (nSPS) is 25.0. The molecule has 2 aliphatic carbocycles. The van der Waals surface area contributed by atoms with Gasteiger partial charge in [0.15, 0.2) is 0 Å². The standard InChI is InChI=1S/C19H25Cl2NO2.CH4/c20-9-10-24-15-5-6-17(21)16(11-15)18(23)22-13-19-7-1-3-14(12-19)4-2-8-19;/h5-6,11,14H,1-4,7-10,12-13H2,(H,22,23);1H4. The Morgan fingerprint density at radius 3 is 2.68 bits per heavy atom. The highest BCUT2D eigenvalue weighted by Crippen LogP contribution is 2.48. The van der Waals surface area contributed by atoms with Crippen LogP contribution in [0.25, 0.3) is 0 Å². The van der Waals surface area contributed by atoms with Gasteiger partial charge in [0, 0.05) is 6.54 Å². The van der Waals surface area contributed by atoms with Crippen molar-refractivity contribution < 1.29 is 9.53 Å². The summed E-state index contributed by atoms with van der Waals surface area (Å²) in [5.74, 6) is 1.78. The first-order chi connectivity index (χ1) is 11.6. The molecule has 0 aliphatic heterocycles. The van der Waals surface area contributed by atoms with E-state index >= 15 is 0 Å². The van der Waals surface area contributed by atoms with Crippen LogP contribution in [-0.4, -0.2) is 24.9 Å². The highest BCUT2D eigenvalue weighted by atomic mass is 35.5. The Bertz CT molecular complexity index is 581. The number of carbonyl (C=O) groups excluding carboxylic acids is 1. The first kappa shape index (κ1) is 20.4. The second kappa shape index (κ2) is 9.14. The van der Waals surface area contributed by atoms with Crippen molar-refractivity contribution >= 4 is 29.1 Å². The van der Waals surface area contributed by atoms with Crippen LogP contribution < -0.4 is 10.1 Å². The van der Waals surface area contributed by atoms with E-state index in [1.807, 2.05) is 0 Å². The summed E-state index contributed by atoms with van der Waals surface area (Å²) in [6.07, 6.45) is 9.04. The number of amides is 1. The number of alkyl halides is 1. The molecule has 2 bridgehead atoms. The Kier molecular flexibility index (Phi) is 7.45. The number of ether oxygens (including phenoxy) is 1. The number of halogens is 2. The van der Waals surface area contributed by atoms with Crippen molar-refractivity contribution in [2.24, 2.45) is 11.3 Å². The summed E-state index contributed by atoms with van der Waals surface area (Å²) < 4.78 is 5.49. The lowest BCUT2D eigenvalue weighted by atomic mass is 9.62. The second-order valence-corrected chi connectivity index (χ2v) is 8.00. The molecule has 0 unspecified atom stereocenters. The van der Waals surface area contributed by atoms with Gasteiger partial charge in [-0.3, -0.25) is 4.79 Å². The number of carbonyl (C=O) groups is 1. The molecule has 2 fully saturated rings. The maximum atomic E-state index is 12.6. The van der Waals surface area contributed by atoms with Gasteiger partial charge >= 0.3 is 0 Å². The lowest BCUT2D eigenvalue weighted by Gasteiger charge is -2.45. The van der Waals surface area contributed by atoms with Gasteiger partial charge in [0.1, 0.15) is 12.4 Å². The quantitative estimate of drug-likeness (QED) is 0.639. The maximum absolute atomic E-state index is 12.6. The third-order valence-corrected chi connectivity index (χ3v) is 6.00. The summed E-state index contributed by atoms with van der Waals surface area (Å²) in [6.45, 7) is 1.17. The average molecular weight is 386 g/mol. The van der Waals surface area contributed by atoms with Crippen molar-refractivity contribution in [3.05, 3.63) is 28.8 Å². The number of rotatable bonds is 6. The summed E-state index contributed by atoms with van der Waals surface area (Å²) in [7, 11) is 0. The average Bonchev–Trinajstić information content (AvgIpc) is 2.59. The molecular weight excluding hydrogens is 357 g/mol. The molecule has 0 atom stereocenters. The van der Waals surface area contributed by atoms with Crippen LogP contribution in [0.15, 0.2) is 18.2 Å². The Morgan fingerprint density at radius 2 is 2.00 bits per heavy atom. The monoisotopic (exact) mass is 385 g/mol. The number of nitrogens with one attached hydrogen (secondary N) is 1. The Hall–Kier alpha value is -0.930. The van der Waals surface area contributed by atoms with Gasteiger partial charge in [0.05, 0.1) is 16.5 Å². The maximum Gasteiger partial charge on any atom is 0.252 e. The van der Waals surface area contributed by atoms with Crippen LogP contribution in [-0.2, 0) is 0 Å². The van der Waals surface area contributed by atoms with Crippen LogP contribution in [0.4, 0.5) is 0 Å². The summed E-state index contributed by atoms with van der Waals surface area (Å²) >= 11 is 11.8. The van der Waals surface area contributed by atoms with E-state index < -0.39 is 0 Å². The predicted octanol–water partition coefficient (Wildman–Crippen LogP) is 5.68. The lowest BCUT2D eigenvalue weighted by molar-refractivity contribution is 0.0681. The van der Waals surface area contributed by atoms with Gasteiger partial charge < -0.3 is 10.1 Å². The minimum Gasteiger partial charge on any atom is -0.492 e. The van der Waals surface area contributed by atoms with Crippen LogP contribution in [0.5, 0.6) is 5.75 Å². The second-order valence-electron chi connectivity index (χ2n) is 7.22. The fourth-order valence-corrected chi connectivity index (χ4v) is 4.64. The number of hydrogen-bond donors (Lipinski definition) is 1. The zero-order chi connectivity index (χ0) is 17.0. The number of fused-ring (bicyclic) bond motifs is 2. The highest BCUT2D eigenvalue weighted by molar-refractivity contribution is 6.33. The molecule has 2 saturated carbocycles. The van der Waals surface area contributed by atoms with Crippen molar-refractivity contribution in [2.75, 3.05) is 19.0 Å². The Balaban J connectivity index is 0.00000225. The molecule has 1 amide bonds. The van der Waals surface area contributed by atoms with E-state index in [4.69, 9.17) is 27.9 Å². The molecule has 3 rings (SSSR count). The number of hydrogen-bond acceptors (Lipinski definition) is 2. The molecule has 25 heavy (non-hydrogen) atoms. The largest absolute Gasteiger partial charge is 0.492 e. The fourth-order valence-electron chi connectivity index (χ4n) is 4.36. The molecule has 0 spiro atoms. The van der Waals surface area contributed by atoms with Gasteiger partial charge in [0.25, 0.3) is 5.91 Å². The summed E-state index contributed by atoms with van der Waals surface area (Å²) in [4.78, 5) is 12.6. The molecule has 1 N–H and O–H groups in total. The van der Waals surface area contributed by atoms with Crippen molar-refractivity contribution in [2.45, 2.75) is 52.4 Å². The van der Waals surface area contributed by atoms with E-state index in [2.05, 4.69) is 5.32 Å². The lowest BCUT2D eigenvalue weighted by Crippen LogP contribution is -2.43. The van der Waals surface area contributed by atoms with E-state index in [0.717, 1.165) is 12.5 Å². The van der Waals surface area contributed by atoms with Gasteiger partial charge in [-0.1, -0.05) is 44.7 Å². The van der Waals surface area contributed by atoms with Gasteiger partial charge in [-0.2, -0.15) is 0 Å². The van der Waals surface area contributed by atoms with E-state index in [1.54, 1.807) is 18.2 Å². The Labute approximate surface area is 161 Å². The predicted molar refractivity (Wildman–Crippen MR) is 105 cm³/mol. The van der Waals surface area contributed by atoms with Gasteiger partial charge in [-0.05, 0) is 48.8 Å². The first-order valence-electron chi connectivity index (χ1n) is 8.88. The van der Waals surface area contributed by atoms with Gasteiger partial charge in [0.2, 0.25) is 0 Å². The molecule has 5 heteroatoms. The van der Waals surface area contributed by atoms with E-state index in [-0.39, 0.29) is 13.3 Å². The molecule has 2 aliphatic rings. The minimum atomic E-state index is -0.113. The van der Waals surface area contributed by atoms with Crippen LogP contribution >= 0.6 is 23.2 Å². The van der Waals surface area contributed by atoms with Crippen LogP contribution in [0.1, 0.15) is 62.7 Å². The van der Waals surface area contributed by atoms with Crippen molar-refractivity contribution in [3.8, 4) is 5.75 Å². The smallest absolute Gasteiger partial charge is 0.252 e. The molecule has 0 saturated heterocycles. The van der Waals surface area contributed by atoms with Gasteiger partial charge in [-0.15, -0.1) is 11.6 Å². The summed E-state index contributed by atoms with van der Waals surface area (Å²) in [5.41, 5.74) is 0.777. The molecule has 3 nitrogen and oxygen atoms in total. The van der Waals surface area contributed by atoms with Crippen LogP contribution in [0, 0.1) is 11.3 Å². The molecule has 1 aromatic carbocycles. The van der Waals surface area contributed by atoms with Crippen molar-refractivity contribution in [3.63, 3.8) is 0 Å². The Morgan fingerprint density at radius 1 is 1.28 bits per heavy atom. The van der Waals surface area contributed by atoms with Crippen molar-refractivity contribution in [1.29, 1.82) is 0 Å².